The van der Waals surface area contributed by atoms with Crippen LogP contribution in [0.3, 0.4) is 0 Å². The first kappa shape index (κ1) is 14.5. The first-order valence-corrected chi connectivity index (χ1v) is 9.18. The summed E-state index contributed by atoms with van der Waals surface area (Å²) in [6.45, 7) is 0. The van der Waals surface area contributed by atoms with Crippen molar-refractivity contribution in [3.8, 4) is 0 Å². The molecule has 1 aliphatic rings. The number of aromatic nitrogens is 1. The molecule has 0 bridgehead atoms. The average Bonchev–Trinajstić information content (AvgIpc) is 2.73. The third-order valence-corrected chi connectivity index (χ3v) is 5.32. The Hall–Kier alpha value is -1.40. The standard InChI is InChI=1S/C15H20N2O3S/c1-21(18,19)11-6-7-13-12(10-11)17-14(20-13)15(16)8-4-2-3-5-9-15/h6-7,10H,2-5,8-9,16H2,1H3. The molecule has 3 rings (SSSR count). The Labute approximate surface area is 124 Å². The van der Waals surface area contributed by atoms with Gasteiger partial charge in [0, 0.05) is 6.26 Å². The lowest BCUT2D eigenvalue weighted by Crippen LogP contribution is -2.36. The summed E-state index contributed by atoms with van der Waals surface area (Å²) in [5.74, 6) is 0.532. The Kier molecular flexibility index (Phi) is 3.53. The van der Waals surface area contributed by atoms with Crippen LogP contribution in [0.25, 0.3) is 11.1 Å². The van der Waals surface area contributed by atoms with Crippen molar-refractivity contribution in [1.29, 1.82) is 0 Å². The zero-order chi connectivity index (χ0) is 15.1. The number of nitrogens with zero attached hydrogens (tertiary/aromatic N) is 1. The van der Waals surface area contributed by atoms with E-state index in [0.717, 1.165) is 25.7 Å². The molecule has 1 aromatic carbocycles. The Morgan fingerprint density at radius 3 is 2.48 bits per heavy atom. The summed E-state index contributed by atoms with van der Waals surface area (Å²) in [4.78, 5) is 4.72. The molecule has 2 N–H and O–H groups in total. The van der Waals surface area contributed by atoms with Gasteiger partial charge in [-0.05, 0) is 31.0 Å². The molecule has 1 fully saturated rings. The van der Waals surface area contributed by atoms with Crippen LogP contribution in [0.5, 0.6) is 0 Å². The molecule has 21 heavy (non-hydrogen) atoms. The lowest BCUT2D eigenvalue weighted by Gasteiger charge is -2.23. The number of benzene rings is 1. The Morgan fingerprint density at radius 1 is 1.19 bits per heavy atom. The van der Waals surface area contributed by atoms with Crippen molar-refractivity contribution in [2.45, 2.75) is 49.0 Å². The van der Waals surface area contributed by atoms with E-state index in [9.17, 15) is 8.42 Å². The quantitative estimate of drug-likeness (QED) is 0.862. The average molecular weight is 308 g/mol. The largest absolute Gasteiger partial charge is 0.439 e. The first-order chi connectivity index (χ1) is 9.88. The second-order valence-electron chi connectivity index (χ2n) is 5.99. The molecule has 0 atom stereocenters. The van der Waals surface area contributed by atoms with Crippen LogP contribution in [-0.2, 0) is 15.4 Å². The van der Waals surface area contributed by atoms with Crippen LogP contribution in [0.2, 0.25) is 0 Å². The van der Waals surface area contributed by atoms with Gasteiger partial charge in [-0.25, -0.2) is 13.4 Å². The smallest absolute Gasteiger partial charge is 0.215 e. The van der Waals surface area contributed by atoms with E-state index in [2.05, 4.69) is 4.98 Å². The molecule has 6 heteroatoms. The van der Waals surface area contributed by atoms with Crippen LogP contribution in [0, 0.1) is 0 Å². The van der Waals surface area contributed by atoms with Gasteiger partial charge in [0.1, 0.15) is 5.52 Å². The highest BCUT2D eigenvalue weighted by atomic mass is 32.2. The molecule has 0 spiro atoms. The Balaban J connectivity index is 2.04. The molecule has 0 saturated heterocycles. The molecule has 1 aromatic heterocycles. The van der Waals surface area contributed by atoms with Crippen LogP contribution >= 0.6 is 0 Å². The van der Waals surface area contributed by atoms with Crippen molar-refractivity contribution < 1.29 is 12.8 Å². The van der Waals surface area contributed by atoms with Crippen molar-refractivity contribution in [3.63, 3.8) is 0 Å². The van der Waals surface area contributed by atoms with Crippen LogP contribution in [0.15, 0.2) is 27.5 Å². The second kappa shape index (κ2) is 5.10. The lowest BCUT2D eigenvalue weighted by atomic mass is 9.91. The summed E-state index contributed by atoms with van der Waals surface area (Å²) < 4.78 is 29.0. The molecule has 0 radical (unpaired) electrons. The maximum Gasteiger partial charge on any atom is 0.215 e. The molecule has 2 aromatic rings. The molecule has 0 amide bonds. The van der Waals surface area contributed by atoms with Crippen LogP contribution in [0.1, 0.15) is 44.4 Å². The van der Waals surface area contributed by atoms with Gasteiger partial charge >= 0.3 is 0 Å². The van der Waals surface area contributed by atoms with Gasteiger partial charge in [-0.3, -0.25) is 0 Å². The molecule has 1 aliphatic carbocycles. The highest BCUT2D eigenvalue weighted by Crippen LogP contribution is 2.35. The van der Waals surface area contributed by atoms with Crippen molar-refractivity contribution in [2.75, 3.05) is 6.26 Å². The number of hydrogen-bond acceptors (Lipinski definition) is 5. The zero-order valence-corrected chi connectivity index (χ0v) is 12.9. The van der Waals surface area contributed by atoms with Crippen molar-refractivity contribution >= 4 is 20.9 Å². The van der Waals surface area contributed by atoms with Crippen LogP contribution < -0.4 is 5.73 Å². The van der Waals surface area contributed by atoms with Crippen LogP contribution in [0.4, 0.5) is 0 Å². The highest BCUT2D eigenvalue weighted by molar-refractivity contribution is 7.90. The number of nitrogens with two attached hydrogens (primary N) is 1. The van der Waals surface area contributed by atoms with Gasteiger partial charge in [-0.2, -0.15) is 0 Å². The summed E-state index contributed by atoms with van der Waals surface area (Å²) >= 11 is 0. The summed E-state index contributed by atoms with van der Waals surface area (Å²) in [7, 11) is -3.24. The summed E-state index contributed by atoms with van der Waals surface area (Å²) in [5.41, 5.74) is 7.11. The fourth-order valence-electron chi connectivity index (χ4n) is 2.92. The predicted molar refractivity (Wildman–Crippen MR) is 80.7 cm³/mol. The third kappa shape index (κ3) is 2.82. The van der Waals surface area contributed by atoms with E-state index >= 15 is 0 Å². The molecular formula is C15H20N2O3S. The second-order valence-corrected chi connectivity index (χ2v) is 8.01. The van der Waals surface area contributed by atoms with Crippen LogP contribution in [-0.4, -0.2) is 19.7 Å². The minimum Gasteiger partial charge on any atom is -0.439 e. The van der Waals surface area contributed by atoms with E-state index < -0.39 is 15.4 Å². The Bertz CT molecular complexity index is 756. The topological polar surface area (TPSA) is 86.2 Å². The molecule has 5 nitrogen and oxygen atoms in total. The van der Waals surface area contributed by atoms with Gasteiger partial charge in [0.2, 0.25) is 5.89 Å². The molecule has 114 valence electrons. The van der Waals surface area contributed by atoms with Gasteiger partial charge in [0.05, 0.1) is 10.4 Å². The summed E-state index contributed by atoms with van der Waals surface area (Å²) in [6.07, 6.45) is 7.44. The van der Waals surface area contributed by atoms with Crippen molar-refractivity contribution in [3.05, 3.63) is 24.1 Å². The van der Waals surface area contributed by atoms with E-state index in [1.54, 1.807) is 18.2 Å². The van der Waals surface area contributed by atoms with E-state index in [1.807, 2.05) is 0 Å². The van der Waals surface area contributed by atoms with Crippen molar-refractivity contribution in [2.24, 2.45) is 5.73 Å². The van der Waals surface area contributed by atoms with Gasteiger partial charge in [-0.1, -0.05) is 25.7 Å². The molecule has 0 aliphatic heterocycles. The molecule has 0 unspecified atom stereocenters. The fourth-order valence-corrected chi connectivity index (χ4v) is 3.57. The molecule has 1 heterocycles. The highest BCUT2D eigenvalue weighted by Gasteiger charge is 2.33. The fraction of sp³-hybridized carbons (Fsp3) is 0.533. The number of hydrogen-bond donors (Lipinski definition) is 1. The SMILES string of the molecule is CS(=O)(=O)c1ccc2oc(C3(N)CCCCCC3)nc2c1. The molecule has 1 saturated carbocycles. The summed E-state index contributed by atoms with van der Waals surface area (Å²) in [5, 5.41) is 0. The van der Waals surface area contributed by atoms with E-state index in [-0.39, 0.29) is 4.90 Å². The first-order valence-electron chi connectivity index (χ1n) is 7.28. The zero-order valence-electron chi connectivity index (χ0n) is 12.1. The third-order valence-electron chi connectivity index (χ3n) is 4.21. The monoisotopic (exact) mass is 308 g/mol. The lowest BCUT2D eigenvalue weighted by molar-refractivity contribution is 0.301. The van der Waals surface area contributed by atoms with Gasteiger partial charge in [0.25, 0.3) is 0 Å². The minimum absolute atomic E-state index is 0.252. The predicted octanol–water partition coefficient (Wildman–Crippen LogP) is 2.74. The molecular weight excluding hydrogens is 288 g/mol. The number of oxazole rings is 1. The Morgan fingerprint density at radius 2 is 1.86 bits per heavy atom. The number of rotatable bonds is 2. The number of fused-ring (bicyclic) bond motifs is 1. The van der Waals surface area contributed by atoms with E-state index in [4.69, 9.17) is 10.2 Å². The number of sulfone groups is 1. The maximum absolute atomic E-state index is 11.6. The minimum atomic E-state index is -3.24. The van der Waals surface area contributed by atoms with Gasteiger partial charge in [0.15, 0.2) is 15.4 Å². The summed E-state index contributed by atoms with van der Waals surface area (Å²) in [6, 6.07) is 4.75. The van der Waals surface area contributed by atoms with Gasteiger partial charge in [-0.15, -0.1) is 0 Å². The van der Waals surface area contributed by atoms with Crippen molar-refractivity contribution in [1.82, 2.24) is 4.98 Å². The van der Waals surface area contributed by atoms with Gasteiger partial charge < -0.3 is 10.2 Å². The normalized spacial score (nSPS) is 19.5. The maximum atomic E-state index is 11.6. The van der Waals surface area contributed by atoms with E-state index in [0.29, 0.717) is 17.0 Å². The van der Waals surface area contributed by atoms with E-state index in [1.165, 1.54) is 19.1 Å².